The number of carbonyl (C=O) groups is 1. The number of hydrogen-bond donors (Lipinski definition) is 1. The van der Waals surface area contributed by atoms with E-state index in [0.29, 0.717) is 0 Å². The molecule has 0 aliphatic rings. The van der Waals surface area contributed by atoms with Crippen molar-refractivity contribution < 1.29 is 31.9 Å². The third-order valence-electron chi connectivity index (χ3n) is 1.58. The molecule has 90 valence electrons. The second kappa shape index (κ2) is 4.45. The van der Waals surface area contributed by atoms with Crippen molar-refractivity contribution >= 4 is 5.97 Å². The van der Waals surface area contributed by atoms with Gasteiger partial charge in [-0.2, -0.15) is 8.78 Å². The minimum absolute atomic E-state index is 0.290. The monoisotopic (exact) mass is 242 g/mol. The van der Waals surface area contributed by atoms with Gasteiger partial charge in [0.2, 0.25) is 5.89 Å². The van der Waals surface area contributed by atoms with Gasteiger partial charge in [0.1, 0.15) is 0 Å². The number of aliphatic carboxylic acids is 1. The van der Waals surface area contributed by atoms with Gasteiger partial charge in [-0.25, -0.2) is 8.78 Å². The van der Waals surface area contributed by atoms with E-state index in [1.165, 1.54) is 0 Å². The molecule has 0 unspecified atom stereocenters. The van der Waals surface area contributed by atoms with Crippen LogP contribution >= 0.6 is 0 Å². The van der Waals surface area contributed by atoms with Gasteiger partial charge in [-0.15, -0.1) is 10.2 Å². The van der Waals surface area contributed by atoms with Crippen LogP contribution in [0.4, 0.5) is 17.6 Å². The molecule has 0 fully saturated rings. The predicted octanol–water partition coefficient (Wildman–Crippen LogP) is 1.44. The minimum Gasteiger partial charge on any atom is -0.481 e. The Kier molecular flexibility index (Phi) is 3.45. The van der Waals surface area contributed by atoms with E-state index in [1.54, 1.807) is 0 Å². The molecule has 0 bridgehead atoms. The fourth-order valence-corrected chi connectivity index (χ4v) is 0.797. The van der Waals surface area contributed by atoms with Gasteiger partial charge in [0.15, 0.2) is 0 Å². The maximum absolute atomic E-state index is 12.6. The summed E-state index contributed by atoms with van der Waals surface area (Å²) in [5, 5.41) is 14.1. The number of hydrogen-bond acceptors (Lipinski definition) is 4. The normalized spacial score (nSPS) is 12.1. The number of alkyl halides is 4. The van der Waals surface area contributed by atoms with Crippen molar-refractivity contribution in [3.8, 4) is 0 Å². The van der Waals surface area contributed by atoms with Gasteiger partial charge >= 0.3 is 18.3 Å². The molecule has 5 nitrogen and oxygen atoms in total. The van der Waals surface area contributed by atoms with Crippen LogP contribution in [0.3, 0.4) is 0 Å². The van der Waals surface area contributed by atoms with Gasteiger partial charge in [0, 0.05) is 6.42 Å². The Morgan fingerprint density at radius 2 is 2.06 bits per heavy atom. The molecule has 1 rings (SSSR count). The van der Waals surface area contributed by atoms with Crippen LogP contribution < -0.4 is 0 Å². The van der Waals surface area contributed by atoms with Crippen LogP contribution in [0.15, 0.2) is 4.42 Å². The first-order chi connectivity index (χ1) is 7.34. The van der Waals surface area contributed by atoms with Gasteiger partial charge in [0.05, 0.1) is 6.42 Å². The predicted molar refractivity (Wildman–Crippen MR) is 40.2 cm³/mol. The highest BCUT2D eigenvalue weighted by Crippen LogP contribution is 2.33. The van der Waals surface area contributed by atoms with Gasteiger partial charge < -0.3 is 9.52 Å². The summed E-state index contributed by atoms with van der Waals surface area (Å²) in [5.74, 6) is -7.64. The summed E-state index contributed by atoms with van der Waals surface area (Å²) in [6.07, 6.45) is -4.66. The summed E-state index contributed by atoms with van der Waals surface area (Å²) in [4.78, 5) is 10.1. The van der Waals surface area contributed by atoms with E-state index in [4.69, 9.17) is 5.11 Å². The lowest BCUT2D eigenvalue weighted by Crippen LogP contribution is -2.23. The number of aromatic nitrogens is 2. The summed E-state index contributed by atoms with van der Waals surface area (Å²) in [6, 6.07) is 0. The average molecular weight is 242 g/mol. The molecular weight excluding hydrogens is 236 g/mol. The van der Waals surface area contributed by atoms with Gasteiger partial charge in [0.25, 0.3) is 5.89 Å². The van der Waals surface area contributed by atoms with Crippen LogP contribution in [0.25, 0.3) is 0 Å². The SMILES string of the molecule is O=C(O)CCc1nnc(C(F)(F)C(F)F)o1. The Morgan fingerprint density at radius 1 is 1.44 bits per heavy atom. The molecule has 0 aliphatic carbocycles. The lowest BCUT2D eigenvalue weighted by molar-refractivity contribution is -0.151. The number of carboxylic acid groups (broad SMARTS) is 1. The van der Waals surface area contributed by atoms with Crippen molar-refractivity contribution in [3.05, 3.63) is 11.8 Å². The van der Waals surface area contributed by atoms with Crippen molar-refractivity contribution in [1.82, 2.24) is 10.2 Å². The Labute approximate surface area is 86.1 Å². The Bertz CT molecular complexity index is 379. The molecule has 9 heteroatoms. The molecule has 0 aliphatic heterocycles. The molecule has 0 amide bonds. The second-order valence-corrected chi connectivity index (χ2v) is 2.82. The molecule has 0 radical (unpaired) electrons. The van der Waals surface area contributed by atoms with Crippen molar-refractivity contribution in [1.29, 1.82) is 0 Å². The summed E-state index contributed by atoms with van der Waals surface area (Å²) in [7, 11) is 0. The maximum Gasteiger partial charge on any atom is 0.382 e. The highest BCUT2D eigenvalue weighted by molar-refractivity contribution is 5.66. The highest BCUT2D eigenvalue weighted by atomic mass is 19.3. The molecule has 1 heterocycles. The van der Waals surface area contributed by atoms with E-state index in [2.05, 4.69) is 14.6 Å². The third-order valence-corrected chi connectivity index (χ3v) is 1.58. The van der Waals surface area contributed by atoms with E-state index in [1.807, 2.05) is 0 Å². The zero-order valence-corrected chi connectivity index (χ0v) is 7.66. The largest absolute Gasteiger partial charge is 0.481 e. The van der Waals surface area contributed by atoms with Crippen LogP contribution in [-0.2, 0) is 17.1 Å². The Hall–Kier alpha value is -1.67. The van der Waals surface area contributed by atoms with Crippen LogP contribution in [-0.4, -0.2) is 27.7 Å². The molecule has 0 saturated heterocycles. The Morgan fingerprint density at radius 3 is 2.56 bits per heavy atom. The molecule has 1 N–H and O–H groups in total. The number of nitrogens with zero attached hydrogens (tertiary/aromatic N) is 2. The molecule has 16 heavy (non-hydrogen) atoms. The molecular formula is C7H6F4N2O3. The van der Waals surface area contributed by atoms with Crippen LogP contribution in [0.5, 0.6) is 0 Å². The lowest BCUT2D eigenvalue weighted by Gasteiger charge is -2.08. The number of carboxylic acids is 1. The van der Waals surface area contributed by atoms with Crippen molar-refractivity contribution in [2.45, 2.75) is 25.2 Å². The molecule has 0 aromatic carbocycles. The van der Waals surface area contributed by atoms with Crippen molar-refractivity contribution in [2.24, 2.45) is 0 Å². The average Bonchev–Trinajstić information content (AvgIpc) is 2.63. The third kappa shape index (κ3) is 2.67. The van der Waals surface area contributed by atoms with Crippen LogP contribution in [0.1, 0.15) is 18.2 Å². The van der Waals surface area contributed by atoms with E-state index in [9.17, 15) is 22.4 Å². The topological polar surface area (TPSA) is 76.2 Å². The first kappa shape index (κ1) is 12.4. The first-order valence-corrected chi connectivity index (χ1v) is 4.04. The highest BCUT2D eigenvalue weighted by Gasteiger charge is 2.48. The number of halogens is 4. The van der Waals surface area contributed by atoms with Crippen molar-refractivity contribution in [3.63, 3.8) is 0 Å². The van der Waals surface area contributed by atoms with Gasteiger partial charge in [-0.3, -0.25) is 4.79 Å². The molecule has 0 atom stereocenters. The molecule has 0 spiro atoms. The van der Waals surface area contributed by atoms with Crippen LogP contribution in [0.2, 0.25) is 0 Å². The second-order valence-electron chi connectivity index (χ2n) is 2.82. The molecule has 0 saturated carbocycles. The number of rotatable bonds is 5. The van der Waals surface area contributed by atoms with Crippen molar-refractivity contribution in [2.75, 3.05) is 0 Å². The van der Waals surface area contributed by atoms with E-state index in [0.717, 1.165) is 0 Å². The zero-order chi connectivity index (χ0) is 12.3. The first-order valence-electron chi connectivity index (χ1n) is 4.04. The zero-order valence-electron chi connectivity index (χ0n) is 7.66. The Balaban J connectivity index is 2.75. The summed E-state index contributed by atoms with van der Waals surface area (Å²) in [5.41, 5.74) is 0. The standard InChI is InChI=1S/C7H6F4N2O3/c8-5(9)7(10,11)6-13-12-3(16-6)1-2-4(14)15/h5H,1-2H2,(H,14,15). The maximum atomic E-state index is 12.6. The van der Waals surface area contributed by atoms with Gasteiger partial charge in [-0.1, -0.05) is 0 Å². The van der Waals surface area contributed by atoms with E-state index < -0.39 is 36.5 Å². The van der Waals surface area contributed by atoms with E-state index >= 15 is 0 Å². The fraction of sp³-hybridized carbons (Fsp3) is 0.571. The summed E-state index contributed by atoms with van der Waals surface area (Å²) < 4.78 is 53.2. The minimum atomic E-state index is -4.52. The summed E-state index contributed by atoms with van der Waals surface area (Å²) >= 11 is 0. The van der Waals surface area contributed by atoms with E-state index in [-0.39, 0.29) is 6.42 Å². The smallest absolute Gasteiger partial charge is 0.382 e. The molecule has 1 aromatic heterocycles. The molecule has 1 aromatic rings. The quantitative estimate of drug-likeness (QED) is 0.790. The van der Waals surface area contributed by atoms with Crippen LogP contribution in [0, 0.1) is 0 Å². The fourth-order valence-electron chi connectivity index (χ4n) is 0.797. The van der Waals surface area contributed by atoms with Gasteiger partial charge in [-0.05, 0) is 0 Å². The number of aryl methyl sites for hydroxylation is 1. The lowest BCUT2D eigenvalue weighted by atomic mass is 10.3. The summed E-state index contributed by atoms with van der Waals surface area (Å²) in [6.45, 7) is 0.